The van der Waals surface area contributed by atoms with Gasteiger partial charge in [0.15, 0.2) is 11.6 Å². The van der Waals surface area contributed by atoms with Crippen LogP contribution < -0.4 is 4.74 Å². The number of piperidine rings is 1. The average molecular weight is 393 g/mol. The van der Waals surface area contributed by atoms with Gasteiger partial charge in [-0.3, -0.25) is 14.4 Å². The maximum Gasteiger partial charge on any atom is 0.223 e. The van der Waals surface area contributed by atoms with Crippen molar-refractivity contribution in [3.8, 4) is 5.75 Å². The summed E-state index contributed by atoms with van der Waals surface area (Å²) in [4.78, 5) is 39.2. The van der Waals surface area contributed by atoms with E-state index in [-0.39, 0.29) is 36.2 Å². The summed E-state index contributed by atoms with van der Waals surface area (Å²) in [6.45, 7) is 3.09. The number of nitrogens with zero attached hydrogens (tertiary/aromatic N) is 1. The van der Waals surface area contributed by atoms with Crippen LogP contribution in [-0.4, -0.2) is 42.6 Å². The van der Waals surface area contributed by atoms with Crippen LogP contribution in [0.2, 0.25) is 0 Å². The Balaban J connectivity index is 1.46. The molecule has 0 spiro atoms. The second kappa shape index (κ2) is 9.50. The number of methoxy groups -OCH3 is 1. The van der Waals surface area contributed by atoms with Gasteiger partial charge in [0, 0.05) is 43.0 Å². The number of hydrogen-bond acceptors (Lipinski definition) is 4. The van der Waals surface area contributed by atoms with E-state index in [1.807, 2.05) is 19.1 Å². The quantitative estimate of drug-likeness (QED) is 0.665. The molecule has 5 heteroatoms. The molecule has 5 nitrogen and oxygen atoms in total. The van der Waals surface area contributed by atoms with Crippen molar-refractivity contribution in [1.82, 2.24) is 4.90 Å². The molecular weight excluding hydrogens is 366 g/mol. The normalized spacial score (nSPS) is 14.5. The number of carbonyl (C=O) groups is 3. The molecule has 0 bridgehead atoms. The lowest BCUT2D eigenvalue weighted by Crippen LogP contribution is -2.40. The van der Waals surface area contributed by atoms with Gasteiger partial charge in [0.25, 0.3) is 0 Å². The molecule has 0 aliphatic carbocycles. The summed E-state index contributed by atoms with van der Waals surface area (Å²) in [5.41, 5.74) is 2.43. The highest BCUT2D eigenvalue weighted by atomic mass is 16.5. The van der Waals surface area contributed by atoms with Gasteiger partial charge in [-0.1, -0.05) is 29.8 Å². The molecule has 2 aromatic carbocycles. The van der Waals surface area contributed by atoms with Gasteiger partial charge in [0.05, 0.1) is 7.11 Å². The van der Waals surface area contributed by atoms with E-state index < -0.39 is 0 Å². The Morgan fingerprint density at radius 3 is 2.07 bits per heavy atom. The summed E-state index contributed by atoms with van der Waals surface area (Å²) in [5, 5.41) is 0. The van der Waals surface area contributed by atoms with E-state index in [9.17, 15) is 14.4 Å². The summed E-state index contributed by atoms with van der Waals surface area (Å²) in [6.07, 6.45) is 1.74. The van der Waals surface area contributed by atoms with E-state index in [1.54, 1.807) is 48.4 Å². The van der Waals surface area contributed by atoms with Crippen molar-refractivity contribution < 1.29 is 19.1 Å². The number of ketones is 2. The van der Waals surface area contributed by atoms with Gasteiger partial charge in [0.2, 0.25) is 5.91 Å². The number of hydrogen-bond donors (Lipinski definition) is 0. The highest BCUT2D eigenvalue weighted by Crippen LogP contribution is 2.23. The second-order valence-electron chi connectivity index (χ2n) is 7.54. The minimum Gasteiger partial charge on any atom is -0.497 e. The number of likely N-dealkylation sites (tertiary alicyclic amines) is 1. The third-order valence-corrected chi connectivity index (χ3v) is 5.53. The molecule has 152 valence electrons. The predicted molar refractivity (Wildman–Crippen MR) is 111 cm³/mol. The number of ether oxygens (including phenoxy) is 1. The predicted octanol–water partition coefficient (Wildman–Crippen LogP) is 4.09. The number of rotatable bonds is 7. The molecule has 0 N–H and O–H groups in total. The molecule has 1 amide bonds. The van der Waals surface area contributed by atoms with E-state index in [0.717, 1.165) is 11.3 Å². The molecule has 0 atom stereocenters. The largest absolute Gasteiger partial charge is 0.497 e. The third kappa shape index (κ3) is 5.31. The Hall–Kier alpha value is -2.95. The van der Waals surface area contributed by atoms with Crippen LogP contribution in [0.3, 0.4) is 0 Å². The Bertz CT molecular complexity index is 863. The summed E-state index contributed by atoms with van der Waals surface area (Å²) in [5.74, 6) is 0.752. The molecule has 1 aliphatic rings. The van der Waals surface area contributed by atoms with Gasteiger partial charge < -0.3 is 9.64 Å². The van der Waals surface area contributed by atoms with Crippen molar-refractivity contribution in [2.75, 3.05) is 20.2 Å². The second-order valence-corrected chi connectivity index (χ2v) is 7.54. The van der Waals surface area contributed by atoms with E-state index in [2.05, 4.69) is 0 Å². The molecule has 1 saturated heterocycles. The van der Waals surface area contributed by atoms with Crippen LogP contribution in [0, 0.1) is 12.8 Å². The van der Waals surface area contributed by atoms with E-state index in [0.29, 0.717) is 37.1 Å². The van der Waals surface area contributed by atoms with Gasteiger partial charge in [-0.25, -0.2) is 0 Å². The molecule has 2 aromatic rings. The Morgan fingerprint density at radius 1 is 0.897 bits per heavy atom. The SMILES string of the molecule is COc1ccc(C(=O)C2CCN(C(=O)CCC(=O)c3ccc(C)cc3)CC2)cc1. The van der Waals surface area contributed by atoms with Crippen molar-refractivity contribution in [3.63, 3.8) is 0 Å². The highest BCUT2D eigenvalue weighted by molar-refractivity contribution is 5.99. The maximum absolute atomic E-state index is 12.7. The molecule has 0 saturated carbocycles. The van der Waals surface area contributed by atoms with Crippen molar-refractivity contribution in [2.45, 2.75) is 32.6 Å². The lowest BCUT2D eigenvalue weighted by Gasteiger charge is -2.31. The molecule has 29 heavy (non-hydrogen) atoms. The van der Waals surface area contributed by atoms with Crippen molar-refractivity contribution >= 4 is 17.5 Å². The van der Waals surface area contributed by atoms with Gasteiger partial charge in [-0.15, -0.1) is 0 Å². The van der Waals surface area contributed by atoms with Crippen LogP contribution in [0.5, 0.6) is 5.75 Å². The summed E-state index contributed by atoms with van der Waals surface area (Å²) in [7, 11) is 1.60. The number of aryl methyl sites for hydroxylation is 1. The molecule has 1 heterocycles. The van der Waals surface area contributed by atoms with Crippen molar-refractivity contribution in [1.29, 1.82) is 0 Å². The van der Waals surface area contributed by atoms with Crippen LogP contribution in [0.4, 0.5) is 0 Å². The molecule has 0 unspecified atom stereocenters. The van der Waals surface area contributed by atoms with Crippen LogP contribution in [-0.2, 0) is 4.79 Å². The zero-order valence-electron chi connectivity index (χ0n) is 17.0. The van der Waals surface area contributed by atoms with Crippen molar-refractivity contribution in [3.05, 3.63) is 65.2 Å². The first-order chi connectivity index (χ1) is 14.0. The third-order valence-electron chi connectivity index (χ3n) is 5.53. The van der Waals surface area contributed by atoms with Gasteiger partial charge >= 0.3 is 0 Å². The van der Waals surface area contributed by atoms with Crippen molar-refractivity contribution in [2.24, 2.45) is 5.92 Å². The zero-order valence-corrected chi connectivity index (χ0v) is 17.0. The number of carbonyl (C=O) groups excluding carboxylic acids is 3. The minimum atomic E-state index is -0.0679. The Kier molecular flexibility index (Phi) is 6.81. The van der Waals surface area contributed by atoms with E-state index >= 15 is 0 Å². The lowest BCUT2D eigenvalue weighted by molar-refractivity contribution is -0.132. The average Bonchev–Trinajstić information content (AvgIpc) is 2.77. The number of benzene rings is 2. The van der Waals surface area contributed by atoms with E-state index in [1.165, 1.54) is 0 Å². The Morgan fingerprint density at radius 2 is 1.48 bits per heavy atom. The number of amides is 1. The fourth-order valence-electron chi connectivity index (χ4n) is 3.64. The summed E-state index contributed by atoms with van der Waals surface area (Å²) in [6, 6.07) is 14.6. The molecule has 0 aromatic heterocycles. The summed E-state index contributed by atoms with van der Waals surface area (Å²) >= 11 is 0. The first-order valence-electron chi connectivity index (χ1n) is 10.0. The minimum absolute atomic E-state index is 0.0112. The molecule has 1 fully saturated rings. The van der Waals surface area contributed by atoms with Crippen LogP contribution in [0.1, 0.15) is 52.0 Å². The highest BCUT2D eigenvalue weighted by Gasteiger charge is 2.28. The van der Waals surface area contributed by atoms with Gasteiger partial charge in [-0.2, -0.15) is 0 Å². The summed E-state index contributed by atoms with van der Waals surface area (Å²) < 4.78 is 5.13. The molecule has 3 rings (SSSR count). The lowest BCUT2D eigenvalue weighted by atomic mass is 9.88. The fraction of sp³-hybridized carbons (Fsp3) is 0.375. The smallest absolute Gasteiger partial charge is 0.223 e. The van der Waals surface area contributed by atoms with Crippen LogP contribution in [0.25, 0.3) is 0 Å². The monoisotopic (exact) mass is 393 g/mol. The topological polar surface area (TPSA) is 63.7 Å². The molecule has 0 radical (unpaired) electrons. The number of Topliss-reactive ketones (excluding diaryl/α,β-unsaturated/α-hetero) is 2. The molecule has 1 aliphatic heterocycles. The Labute approximate surface area is 171 Å². The van der Waals surface area contributed by atoms with Gasteiger partial charge in [-0.05, 0) is 44.0 Å². The first-order valence-corrected chi connectivity index (χ1v) is 10.0. The standard InChI is InChI=1S/C24H27NO4/c1-17-3-5-18(6-4-17)22(26)11-12-23(27)25-15-13-20(14-16-25)24(28)19-7-9-21(29-2)10-8-19/h3-10,20H,11-16H2,1-2H3. The molecular formula is C24H27NO4. The first kappa shape index (κ1) is 20.8. The van der Waals surface area contributed by atoms with Crippen LogP contribution in [0.15, 0.2) is 48.5 Å². The zero-order chi connectivity index (χ0) is 20.8. The van der Waals surface area contributed by atoms with Crippen LogP contribution >= 0.6 is 0 Å². The van der Waals surface area contributed by atoms with E-state index in [4.69, 9.17) is 4.74 Å². The van der Waals surface area contributed by atoms with Gasteiger partial charge in [0.1, 0.15) is 5.75 Å². The maximum atomic E-state index is 12.7. The fourth-order valence-corrected chi connectivity index (χ4v) is 3.64.